The summed E-state index contributed by atoms with van der Waals surface area (Å²) in [6.45, 7) is 4.55. The number of carbonyl (C=O) groups excluding carboxylic acids is 1. The van der Waals surface area contributed by atoms with Crippen LogP contribution in [0.1, 0.15) is 38.9 Å². The maximum atomic E-state index is 12.7. The monoisotopic (exact) mass is 318 g/mol. The number of benzene rings is 1. The van der Waals surface area contributed by atoms with Gasteiger partial charge < -0.3 is 20.1 Å². The Morgan fingerprint density at radius 1 is 1.13 bits per heavy atom. The first-order valence-electron chi connectivity index (χ1n) is 7.77. The molecule has 4 atom stereocenters. The van der Waals surface area contributed by atoms with Gasteiger partial charge in [0, 0.05) is 6.42 Å². The molecule has 0 spiro atoms. The fraction of sp³-hybridized carbons (Fsp3) is 0.500. The van der Waals surface area contributed by atoms with Gasteiger partial charge in [-0.25, -0.2) is 0 Å². The minimum Gasteiger partial charge on any atom is -0.486 e. The molecule has 0 aromatic heterocycles. The molecule has 3 rings (SSSR count). The number of ether oxygens (including phenoxy) is 1. The number of ketones is 1. The zero-order valence-corrected chi connectivity index (χ0v) is 13.5. The molecule has 5 heteroatoms. The molecular formula is C18H22O5. The van der Waals surface area contributed by atoms with Gasteiger partial charge in [0.2, 0.25) is 0 Å². The van der Waals surface area contributed by atoms with Crippen molar-refractivity contribution in [3.05, 3.63) is 47.2 Å². The number of Topliss-reactive ketones (excluding diaryl/α,β-unsaturated/α-hetero) is 1. The first kappa shape index (κ1) is 16.2. The van der Waals surface area contributed by atoms with Crippen molar-refractivity contribution in [3.8, 4) is 0 Å². The van der Waals surface area contributed by atoms with Crippen LogP contribution >= 0.6 is 0 Å². The lowest BCUT2D eigenvalue weighted by Crippen LogP contribution is -2.60. The second kappa shape index (κ2) is 5.16. The third-order valence-electron chi connectivity index (χ3n) is 4.95. The van der Waals surface area contributed by atoms with Gasteiger partial charge in [-0.3, -0.25) is 4.79 Å². The van der Waals surface area contributed by atoms with Crippen molar-refractivity contribution in [2.75, 3.05) is 0 Å². The molecule has 0 saturated carbocycles. The fourth-order valence-electron chi connectivity index (χ4n) is 3.54. The number of aliphatic hydroxyl groups is 3. The number of hydrogen-bond donors (Lipinski definition) is 3. The standard InChI is InChI=1S/C18H22O5/c1-17(2)14(20)13-11(19)9-12(10-7-5-4-6-8-10)23-15(13)18(3,22)16(17)21/h4-8,11-12,16,19,21-22H,9H2,1-3H3/t11-,12+,16+,18-/m0/s1. The van der Waals surface area contributed by atoms with Gasteiger partial charge in [0.15, 0.2) is 5.78 Å². The molecule has 1 aliphatic heterocycles. The van der Waals surface area contributed by atoms with Crippen LogP contribution in [-0.2, 0) is 9.53 Å². The molecular weight excluding hydrogens is 296 g/mol. The fourth-order valence-corrected chi connectivity index (χ4v) is 3.54. The van der Waals surface area contributed by atoms with Gasteiger partial charge in [0.05, 0.1) is 17.1 Å². The van der Waals surface area contributed by atoms with Gasteiger partial charge in [0.1, 0.15) is 23.6 Å². The van der Waals surface area contributed by atoms with Crippen molar-refractivity contribution < 1.29 is 24.9 Å². The Morgan fingerprint density at radius 3 is 2.35 bits per heavy atom. The van der Waals surface area contributed by atoms with Crippen molar-refractivity contribution in [1.29, 1.82) is 0 Å². The third kappa shape index (κ3) is 2.31. The van der Waals surface area contributed by atoms with Crippen LogP contribution in [0.3, 0.4) is 0 Å². The number of rotatable bonds is 1. The van der Waals surface area contributed by atoms with E-state index in [1.807, 2.05) is 30.3 Å². The van der Waals surface area contributed by atoms with Gasteiger partial charge in [-0.15, -0.1) is 0 Å². The van der Waals surface area contributed by atoms with Crippen molar-refractivity contribution in [2.24, 2.45) is 5.41 Å². The summed E-state index contributed by atoms with van der Waals surface area (Å²) in [6.07, 6.45) is -2.59. The molecule has 1 aromatic rings. The molecule has 0 unspecified atom stereocenters. The average molecular weight is 318 g/mol. The lowest BCUT2D eigenvalue weighted by molar-refractivity contribution is -0.165. The maximum Gasteiger partial charge on any atom is 0.173 e. The largest absolute Gasteiger partial charge is 0.486 e. The summed E-state index contributed by atoms with van der Waals surface area (Å²) in [5.41, 5.74) is -1.99. The lowest BCUT2D eigenvalue weighted by Gasteiger charge is -2.48. The van der Waals surface area contributed by atoms with Gasteiger partial charge in [-0.05, 0) is 26.3 Å². The highest BCUT2D eigenvalue weighted by Crippen LogP contribution is 2.48. The molecule has 1 aliphatic carbocycles. The van der Waals surface area contributed by atoms with E-state index in [1.165, 1.54) is 6.92 Å². The SMILES string of the molecule is CC1(C)C(=O)C2=C(O[C@@H](c3ccccc3)C[C@@H]2O)[C@](C)(O)[C@@H]1O. The zero-order valence-electron chi connectivity index (χ0n) is 13.5. The summed E-state index contributed by atoms with van der Waals surface area (Å²) in [5, 5.41) is 31.7. The number of carbonyl (C=O) groups is 1. The Labute approximate surface area is 135 Å². The van der Waals surface area contributed by atoms with E-state index in [9.17, 15) is 20.1 Å². The molecule has 1 aromatic carbocycles. The zero-order chi connectivity index (χ0) is 17.0. The van der Waals surface area contributed by atoms with Crippen molar-refractivity contribution in [1.82, 2.24) is 0 Å². The van der Waals surface area contributed by atoms with Crippen molar-refractivity contribution >= 4 is 5.78 Å². The molecule has 3 N–H and O–H groups in total. The summed E-state index contributed by atoms with van der Waals surface area (Å²) in [4.78, 5) is 12.7. The quantitative estimate of drug-likeness (QED) is 0.730. The van der Waals surface area contributed by atoms with Crippen LogP contribution in [0.15, 0.2) is 41.7 Å². The minimum absolute atomic E-state index is 0.0121. The van der Waals surface area contributed by atoms with Gasteiger partial charge >= 0.3 is 0 Å². The Hall–Kier alpha value is -1.69. The summed E-state index contributed by atoms with van der Waals surface area (Å²) >= 11 is 0. The third-order valence-corrected chi connectivity index (χ3v) is 4.95. The molecule has 0 radical (unpaired) electrons. The summed E-state index contributed by atoms with van der Waals surface area (Å²) in [7, 11) is 0. The van der Waals surface area contributed by atoms with E-state index < -0.39 is 29.3 Å². The number of aliphatic hydroxyl groups excluding tert-OH is 2. The predicted octanol–water partition coefficient (Wildman–Crippen LogP) is 1.48. The Kier molecular flexibility index (Phi) is 3.63. The van der Waals surface area contributed by atoms with Crippen LogP contribution in [0.25, 0.3) is 0 Å². The smallest absolute Gasteiger partial charge is 0.173 e. The first-order chi connectivity index (χ1) is 10.7. The van der Waals surface area contributed by atoms with Gasteiger partial charge in [-0.1, -0.05) is 30.3 Å². The number of hydrogen-bond acceptors (Lipinski definition) is 5. The molecule has 124 valence electrons. The van der Waals surface area contributed by atoms with Crippen LogP contribution in [0.5, 0.6) is 0 Å². The highest BCUT2D eigenvalue weighted by Gasteiger charge is 2.58. The Bertz CT molecular complexity index is 659. The normalized spacial score (nSPS) is 36.4. The molecule has 0 saturated heterocycles. The molecule has 0 fully saturated rings. The molecule has 0 amide bonds. The van der Waals surface area contributed by atoms with Crippen LogP contribution in [0.2, 0.25) is 0 Å². The van der Waals surface area contributed by atoms with Crippen molar-refractivity contribution in [3.63, 3.8) is 0 Å². The van der Waals surface area contributed by atoms with E-state index in [0.29, 0.717) is 0 Å². The van der Waals surface area contributed by atoms with Crippen molar-refractivity contribution in [2.45, 2.75) is 51.1 Å². The van der Waals surface area contributed by atoms with E-state index >= 15 is 0 Å². The van der Waals surface area contributed by atoms with Crippen LogP contribution in [0, 0.1) is 5.41 Å². The van der Waals surface area contributed by atoms with E-state index in [2.05, 4.69) is 0 Å². The first-order valence-corrected chi connectivity index (χ1v) is 7.77. The topological polar surface area (TPSA) is 87.0 Å². The Balaban J connectivity index is 2.08. The lowest BCUT2D eigenvalue weighted by atomic mass is 9.65. The molecule has 1 heterocycles. The van der Waals surface area contributed by atoms with E-state index in [4.69, 9.17) is 4.74 Å². The van der Waals surface area contributed by atoms with Gasteiger partial charge in [-0.2, -0.15) is 0 Å². The van der Waals surface area contributed by atoms with E-state index in [1.54, 1.807) is 13.8 Å². The molecule has 0 bridgehead atoms. The van der Waals surface area contributed by atoms with Crippen LogP contribution in [-0.4, -0.2) is 38.9 Å². The molecule has 23 heavy (non-hydrogen) atoms. The van der Waals surface area contributed by atoms with E-state index in [-0.39, 0.29) is 23.5 Å². The second-order valence-electron chi connectivity index (χ2n) is 7.11. The Morgan fingerprint density at radius 2 is 1.74 bits per heavy atom. The summed E-state index contributed by atoms with van der Waals surface area (Å²) < 4.78 is 5.89. The summed E-state index contributed by atoms with van der Waals surface area (Å²) in [6, 6.07) is 9.32. The maximum absolute atomic E-state index is 12.7. The predicted molar refractivity (Wildman–Crippen MR) is 83.3 cm³/mol. The van der Waals surface area contributed by atoms with Gasteiger partial charge in [0.25, 0.3) is 0 Å². The van der Waals surface area contributed by atoms with E-state index in [0.717, 1.165) is 5.56 Å². The van der Waals surface area contributed by atoms with Crippen LogP contribution < -0.4 is 0 Å². The average Bonchev–Trinajstić information content (AvgIpc) is 2.52. The summed E-state index contributed by atoms with van der Waals surface area (Å²) in [5.74, 6) is -0.396. The molecule has 2 aliphatic rings. The second-order valence-corrected chi connectivity index (χ2v) is 7.11. The van der Waals surface area contributed by atoms with Crippen LogP contribution in [0.4, 0.5) is 0 Å². The highest BCUT2D eigenvalue weighted by molar-refractivity contribution is 6.03. The molecule has 5 nitrogen and oxygen atoms in total. The minimum atomic E-state index is -1.73. The highest BCUT2D eigenvalue weighted by atomic mass is 16.5.